The summed E-state index contributed by atoms with van der Waals surface area (Å²) in [5.74, 6) is -0.0980. The summed E-state index contributed by atoms with van der Waals surface area (Å²) in [4.78, 5) is 56.8. The third-order valence-corrected chi connectivity index (χ3v) is 13.4. The van der Waals surface area contributed by atoms with Crippen LogP contribution in [0.15, 0.2) is 64.8 Å². The molecule has 3 unspecified atom stereocenters. The van der Waals surface area contributed by atoms with Gasteiger partial charge in [-0.3, -0.25) is 23.9 Å². The minimum Gasteiger partial charge on any atom is -0.496 e. The lowest BCUT2D eigenvalue weighted by Crippen LogP contribution is -2.45. The number of nitrogens with zero attached hydrogens (tertiary/aromatic N) is 2. The first-order chi connectivity index (χ1) is 28.6. The number of hydrogen-bond acceptors (Lipinski definition) is 10. The Bertz CT molecular complexity index is 2340. The summed E-state index contributed by atoms with van der Waals surface area (Å²) in [6.07, 6.45) is 12.4. The van der Waals surface area contributed by atoms with Crippen LogP contribution in [0.25, 0.3) is 21.6 Å². The Morgan fingerprint density at radius 3 is 2.55 bits per heavy atom. The van der Waals surface area contributed by atoms with Crippen molar-refractivity contribution in [1.82, 2.24) is 19.6 Å². The number of benzene rings is 2. The lowest BCUT2D eigenvalue weighted by Gasteiger charge is -2.22. The highest BCUT2D eigenvalue weighted by molar-refractivity contribution is 7.90. The molecule has 3 heterocycles. The van der Waals surface area contributed by atoms with Gasteiger partial charge in [0.2, 0.25) is 27.7 Å². The summed E-state index contributed by atoms with van der Waals surface area (Å²) in [7, 11) is -1.74. The molecule has 16 heteroatoms. The van der Waals surface area contributed by atoms with Crippen molar-refractivity contribution in [3.05, 3.63) is 87.3 Å². The second-order valence-corrected chi connectivity index (χ2v) is 18.6. The number of allylic oxidation sites excluding steroid dienone is 2. The predicted octanol–water partition coefficient (Wildman–Crippen LogP) is 7.17. The van der Waals surface area contributed by atoms with Crippen LogP contribution >= 0.6 is 11.3 Å². The van der Waals surface area contributed by atoms with Gasteiger partial charge in [-0.25, -0.2) is 17.8 Å². The van der Waals surface area contributed by atoms with Gasteiger partial charge in [-0.15, -0.1) is 11.3 Å². The van der Waals surface area contributed by atoms with Crippen LogP contribution in [-0.4, -0.2) is 72.5 Å². The molecule has 1 aliphatic heterocycles. The summed E-state index contributed by atoms with van der Waals surface area (Å²) in [5.41, 5.74) is 9.32. The van der Waals surface area contributed by atoms with Gasteiger partial charge in [0.15, 0.2) is 5.43 Å². The third-order valence-electron chi connectivity index (χ3n) is 10.7. The second kappa shape index (κ2) is 20.9. The number of hydrogen-bond donors (Lipinski definition) is 4. The normalized spacial score (nSPS) is 18.4. The molecule has 3 fully saturated rings. The number of fused-ring (bicyclic) bond motifs is 1. The number of H-pyrrole nitrogens is 1. The van der Waals surface area contributed by atoms with Gasteiger partial charge in [-0.2, -0.15) is 0 Å². The third kappa shape index (κ3) is 12.5. The Kier molecular flexibility index (Phi) is 16.0. The van der Waals surface area contributed by atoms with Crippen LogP contribution in [0.1, 0.15) is 95.7 Å². The number of nitrogens with one attached hydrogen (secondary N) is 3. The number of pyridine rings is 1. The highest BCUT2D eigenvalue weighted by atomic mass is 32.2. The smallest absolute Gasteiger partial charge is 0.242 e. The van der Waals surface area contributed by atoms with Crippen molar-refractivity contribution in [2.45, 2.75) is 103 Å². The molecular weight excluding hydrogens is 808 g/mol. The number of halogens is 1. The number of carbonyl (C=O) groups excluding carboxylic acids is 3. The van der Waals surface area contributed by atoms with E-state index >= 15 is 0 Å². The minimum absolute atomic E-state index is 0.00389. The molecule has 7 rings (SSSR count). The number of primary amides is 1. The van der Waals surface area contributed by atoms with Crippen molar-refractivity contribution < 1.29 is 31.9 Å². The molecule has 1 saturated heterocycles. The fourth-order valence-electron chi connectivity index (χ4n) is 6.88. The monoisotopic (exact) mass is 864 g/mol. The quantitative estimate of drug-likeness (QED) is 0.0708. The van der Waals surface area contributed by atoms with Crippen molar-refractivity contribution in [3.8, 4) is 16.5 Å². The number of nitrogens with two attached hydrogens (primary N) is 1. The summed E-state index contributed by atoms with van der Waals surface area (Å²) in [5, 5.41) is 6.07. The lowest BCUT2D eigenvalue weighted by molar-refractivity contribution is -0.135. The van der Waals surface area contributed by atoms with Crippen molar-refractivity contribution in [3.63, 3.8) is 0 Å². The van der Waals surface area contributed by atoms with Gasteiger partial charge in [-0.1, -0.05) is 51.8 Å². The molecule has 13 nitrogen and oxygen atoms in total. The molecule has 4 aromatic rings. The van der Waals surface area contributed by atoms with Gasteiger partial charge < -0.3 is 25.7 Å². The topological polar surface area (TPSA) is 194 Å². The van der Waals surface area contributed by atoms with Gasteiger partial charge in [0.05, 0.1) is 35.8 Å². The maximum atomic E-state index is 13.0. The van der Waals surface area contributed by atoms with E-state index in [1.54, 1.807) is 42.7 Å². The number of aryl methyl sites for hydroxylation is 1. The Morgan fingerprint density at radius 1 is 1.13 bits per heavy atom. The first-order valence-corrected chi connectivity index (χ1v) is 23.0. The first kappa shape index (κ1) is 46.0. The number of ether oxygens (including phenoxy) is 1. The van der Waals surface area contributed by atoms with Crippen molar-refractivity contribution >= 4 is 55.7 Å². The highest BCUT2D eigenvalue weighted by Gasteiger charge is 2.45. The minimum atomic E-state index is -3.37. The average Bonchev–Trinajstić information content (AvgIpc) is 4.11. The van der Waals surface area contributed by atoms with Crippen molar-refractivity contribution in [2.24, 2.45) is 17.6 Å². The Morgan fingerprint density at radius 2 is 1.90 bits per heavy atom. The van der Waals surface area contributed by atoms with Gasteiger partial charge in [0.25, 0.3) is 0 Å². The van der Waals surface area contributed by atoms with Gasteiger partial charge in [0.1, 0.15) is 22.6 Å². The molecule has 2 aromatic carbocycles. The number of aromatic amines is 1. The van der Waals surface area contributed by atoms with Crippen LogP contribution < -0.4 is 25.9 Å². The van der Waals surface area contributed by atoms with Crippen LogP contribution in [0, 0.1) is 24.6 Å². The number of carbonyl (C=O) groups is 3. The number of likely N-dealkylation sites (tertiary alicyclic amines) is 1. The molecule has 3 aliphatic rings. The predicted molar refractivity (Wildman–Crippen MR) is 235 cm³/mol. The number of thiazole rings is 1. The van der Waals surface area contributed by atoms with Crippen LogP contribution in [0.5, 0.6) is 5.75 Å². The van der Waals surface area contributed by atoms with E-state index in [0.29, 0.717) is 42.8 Å². The molecule has 60 heavy (non-hydrogen) atoms. The molecule has 3 amide bonds. The molecule has 324 valence electrons. The first-order valence-electron chi connectivity index (χ1n) is 20.6. The summed E-state index contributed by atoms with van der Waals surface area (Å²) >= 11 is 1.55. The second-order valence-electron chi connectivity index (χ2n) is 15.7. The highest BCUT2D eigenvalue weighted by Crippen LogP contribution is 2.40. The number of methoxy groups -OCH3 is 1. The standard InChI is InChI=1S/C17H18N2O2S.C14H23NO3S.C13H16FN3O2/c1-9(2)13-8-22-17(19-13)12-7-14(20)11-5-6-15(21-4)10(3)16(11)18-12;1-2-3-4-5-6-7-11-10-13(11)14(16)15-19(17,18)12-8-9-12;14-9-3-1-4-10(7-9)16-8-12(18)17-6-2-5-11(17)13(15)19/h5-9H,1-4H3,(H,18,20);6-7,11-13H,2-5,8-10H2,1H3,(H,15,16);1,3-4,7,11,16H,2,5-6,8H2,(H2,15,19)/b;7-6-;. The molecule has 5 N–H and O–H groups in total. The number of rotatable bonds is 15. The van der Waals surface area contributed by atoms with Crippen molar-refractivity contribution in [1.29, 1.82) is 0 Å². The summed E-state index contributed by atoms with van der Waals surface area (Å²) in [6.45, 7) is 8.89. The lowest BCUT2D eigenvalue weighted by atomic mass is 10.1. The number of anilines is 1. The molecule has 0 radical (unpaired) electrons. The van der Waals surface area contributed by atoms with Crippen molar-refractivity contribution in [2.75, 3.05) is 25.5 Å². The zero-order valence-electron chi connectivity index (χ0n) is 35.0. The maximum Gasteiger partial charge on any atom is 0.242 e. The molecule has 0 bridgehead atoms. The molecule has 2 saturated carbocycles. The fourth-order valence-corrected chi connectivity index (χ4v) is 9.19. The summed E-state index contributed by atoms with van der Waals surface area (Å²) < 4.78 is 43.8. The molecule has 2 aliphatic carbocycles. The largest absolute Gasteiger partial charge is 0.496 e. The van der Waals surface area contributed by atoms with Gasteiger partial charge in [0, 0.05) is 40.5 Å². The zero-order chi connectivity index (χ0) is 43.6. The van der Waals surface area contributed by atoms with E-state index in [-0.39, 0.29) is 46.7 Å². The van der Waals surface area contributed by atoms with E-state index in [2.05, 4.69) is 52.9 Å². The summed E-state index contributed by atoms with van der Waals surface area (Å²) in [6, 6.07) is 10.6. The Balaban J connectivity index is 0.000000171. The molecule has 0 spiro atoms. The van der Waals surface area contributed by atoms with Gasteiger partial charge in [-0.05, 0) is 94.0 Å². The molecular formula is C44H57FN6O7S2. The van der Waals surface area contributed by atoms with Crippen LogP contribution in [-0.2, 0) is 24.4 Å². The van der Waals surface area contributed by atoms with Gasteiger partial charge >= 0.3 is 0 Å². The van der Waals surface area contributed by atoms with E-state index in [0.717, 1.165) is 52.5 Å². The van der Waals surface area contributed by atoms with E-state index in [9.17, 15) is 32.0 Å². The van der Waals surface area contributed by atoms with E-state index in [1.165, 1.54) is 36.3 Å². The average molecular weight is 865 g/mol. The zero-order valence-corrected chi connectivity index (χ0v) is 36.6. The van der Waals surface area contributed by atoms with E-state index in [1.807, 2.05) is 18.4 Å². The molecule has 2 aromatic heterocycles. The number of sulfonamides is 1. The SMILES string of the molecule is CCCCC/C=C\C1CC1C(=O)NS(=O)(=O)C1CC1.COc1ccc2c(=O)cc(-c3nc(C(C)C)cs3)[nH]c2c1C.NC(=O)C1CCCN1C(=O)CNc1cccc(F)c1. The van der Waals surface area contributed by atoms with Crippen LogP contribution in [0.4, 0.5) is 10.1 Å². The Labute approximate surface area is 355 Å². The number of amides is 3. The number of aromatic nitrogens is 2. The van der Waals surface area contributed by atoms with Crippen LogP contribution in [0.3, 0.4) is 0 Å². The maximum absolute atomic E-state index is 13.0. The van der Waals surface area contributed by atoms with E-state index < -0.39 is 22.0 Å². The molecule has 3 atom stereocenters. The van der Waals surface area contributed by atoms with Crippen LogP contribution in [0.2, 0.25) is 0 Å². The van der Waals surface area contributed by atoms with E-state index in [4.69, 9.17) is 10.5 Å². The number of unbranched alkanes of at least 4 members (excludes halogenated alkanes) is 3. The Hall–Kier alpha value is -5.09. The fraction of sp³-hybridized carbons (Fsp3) is 0.477.